The molecule has 0 unspecified atom stereocenters. The van der Waals surface area contributed by atoms with Gasteiger partial charge in [-0.1, -0.05) is 0 Å². The van der Waals surface area contributed by atoms with Crippen LogP contribution in [0.15, 0.2) is 0 Å². The van der Waals surface area contributed by atoms with E-state index in [1.54, 1.807) is 0 Å². The van der Waals surface area contributed by atoms with Crippen molar-refractivity contribution in [1.82, 2.24) is 0 Å². The number of alkyl halides is 3. The number of hydrogen-bond donors (Lipinski definition) is 0. The Kier molecular flexibility index (Phi) is 5.12. The van der Waals surface area contributed by atoms with Crippen LogP contribution in [0.25, 0.3) is 0 Å². The SMILES string of the molecule is CC(=O)OCSCCC(F)(F)F. The molecule has 0 fully saturated rings. The maximum Gasteiger partial charge on any atom is 0.389 e. The molecule has 12 heavy (non-hydrogen) atoms. The monoisotopic (exact) mass is 202 g/mol. The molecule has 6 heteroatoms. The molecule has 0 amide bonds. The van der Waals surface area contributed by atoms with Gasteiger partial charge in [-0.25, -0.2) is 0 Å². The zero-order valence-electron chi connectivity index (χ0n) is 6.48. The zero-order chi connectivity index (χ0) is 9.61. The summed E-state index contributed by atoms with van der Waals surface area (Å²) in [6.45, 7) is 1.21. The summed E-state index contributed by atoms with van der Waals surface area (Å²) in [5, 5.41) is 0. The molecule has 0 atom stereocenters. The van der Waals surface area contributed by atoms with Crippen LogP contribution in [0.5, 0.6) is 0 Å². The first-order valence-electron chi connectivity index (χ1n) is 3.19. The van der Waals surface area contributed by atoms with Gasteiger partial charge in [-0.3, -0.25) is 4.79 Å². The van der Waals surface area contributed by atoms with E-state index in [0.29, 0.717) is 0 Å². The van der Waals surface area contributed by atoms with Gasteiger partial charge in [0, 0.05) is 12.7 Å². The standard InChI is InChI=1S/C6H9F3O2S/c1-5(10)11-4-12-3-2-6(7,8)9/h2-4H2,1H3. The molecule has 0 saturated carbocycles. The predicted molar refractivity (Wildman–Crippen MR) is 39.8 cm³/mol. The Morgan fingerprint density at radius 3 is 2.50 bits per heavy atom. The Hall–Kier alpha value is -0.390. The average Bonchev–Trinajstić information content (AvgIpc) is 1.83. The highest BCUT2D eigenvalue weighted by molar-refractivity contribution is 7.99. The quantitative estimate of drug-likeness (QED) is 0.397. The van der Waals surface area contributed by atoms with Crippen LogP contribution >= 0.6 is 11.8 Å². The summed E-state index contributed by atoms with van der Waals surface area (Å²) in [6.07, 6.45) is -4.97. The number of halogens is 3. The van der Waals surface area contributed by atoms with Crippen LogP contribution in [-0.4, -0.2) is 23.8 Å². The van der Waals surface area contributed by atoms with Gasteiger partial charge in [0.05, 0.1) is 6.42 Å². The number of thioether (sulfide) groups is 1. The lowest BCUT2D eigenvalue weighted by molar-refractivity contribution is -0.138. The normalized spacial score (nSPS) is 11.3. The molecular formula is C6H9F3O2S. The highest BCUT2D eigenvalue weighted by atomic mass is 32.2. The Bertz CT molecular complexity index is 146. The smallest absolute Gasteiger partial charge is 0.389 e. The number of carbonyl (C=O) groups excluding carboxylic acids is 1. The van der Waals surface area contributed by atoms with E-state index in [1.165, 1.54) is 6.92 Å². The first-order valence-corrected chi connectivity index (χ1v) is 4.35. The second-order valence-electron chi connectivity index (χ2n) is 2.03. The fraction of sp³-hybridized carbons (Fsp3) is 0.833. The maximum absolute atomic E-state index is 11.5. The van der Waals surface area contributed by atoms with Crippen LogP contribution in [-0.2, 0) is 9.53 Å². The molecule has 0 radical (unpaired) electrons. The summed E-state index contributed by atoms with van der Waals surface area (Å²) in [5.41, 5.74) is 0. The molecule has 0 aliphatic carbocycles. The Labute approximate surface area is 72.5 Å². The van der Waals surface area contributed by atoms with Gasteiger partial charge in [0.2, 0.25) is 0 Å². The molecule has 0 aliphatic rings. The highest BCUT2D eigenvalue weighted by Gasteiger charge is 2.26. The number of ether oxygens (including phenoxy) is 1. The van der Waals surface area contributed by atoms with E-state index < -0.39 is 18.6 Å². The minimum atomic E-state index is -4.12. The summed E-state index contributed by atoms with van der Waals surface area (Å²) in [7, 11) is 0. The summed E-state index contributed by atoms with van der Waals surface area (Å²) >= 11 is 0.945. The van der Waals surface area contributed by atoms with E-state index in [1.807, 2.05) is 0 Å². The van der Waals surface area contributed by atoms with Gasteiger partial charge in [-0.2, -0.15) is 13.2 Å². The molecule has 0 aliphatic heterocycles. The number of rotatable bonds is 4. The summed E-state index contributed by atoms with van der Waals surface area (Å²) < 4.78 is 39.0. The summed E-state index contributed by atoms with van der Waals surface area (Å²) in [5.74, 6) is -0.558. The minimum absolute atomic E-state index is 0.00852. The highest BCUT2D eigenvalue weighted by Crippen LogP contribution is 2.21. The van der Waals surface area contributed by atoms with Crippen LogP contribution in [0.3, 0.4) is 0 Å². The number of carbonyl (C=O) groups is 1. The molecule has 72 valence electrons. The van der Waals surface area contributed by atoms with Gasteiger partial charge in [-0.15, -0.1) is 11.8 Å². The van der Waals surface area contributed by atoms with E-state index in [2.05, 4.69) is 4.74 Å². The number of hydrogen-bond acceptors (Lipinski definition) is 3. The van der Waals surface area contributed by atoms with Crippen LogP contribution in [0.1, 0.15) is 13.3 Å². The Balaban J connectivity index is 3.17. The van der Waals surface area contributed by atoms with Crippen LogP contribution in [0.4, 0.5) is 13.2 Å². The molecule has 0 spiro atoms. The van der Waals surface area contributed by atoms with Crippen molar-refractivity contribution in [3.8, 4) is 0 Å². The van der Waals surface area contributed by atoms with Crippen molar-refractivity contribution in [1.29, 1.82) is 0 Å². The second-order valence-corrected chi connectivity index (χ2v) is 3.08. The molecule has 0 bridgehead atoms. The lowest BCUT2D eigenvalue weighted by Crippen LogP contribution is -2.09. The molecule has 0 aromatic carbocycles. The van der Waals surface area contributed by atoms with Crippen molar-refractivity contribution in [3.63, 3.8) is 0 Å². The lowest BCUT2D eigenvalue weighted by Gasteiger charge is -2.05. The van der Waals surface area contributed by atoms with Gasteiger partial charge in [0.15, 0.2) is 0 Å². The fourth-order valence-electron chi connectivity index (χ4n) is 0.371. The topological polar surface area (TPSA) is 26.3 Å². The molecular weight excluding hydrogens is 193 g/mol. The van der Waals surface area contributed by atoms with E-state index >= 15 is 0 Å². The van der Waals surface area contributed by atoms with E-state index in [-0.39, 0.29) is 11.7 Å². The van der Waals surface area contributed by atoms with Crippen molar-refractivity contribution < 1.29 is 22.7 Å². The van der Waals surface area contributed by atoms with E-state index in [0.717, 1.165) is 11.8 Å². The number of esters is 1. The zero-order valence-corrected chi connectivity index (χ0v) is 7.30. The minimum Gasteiger partial charge on any atom is -0.455 e. The molecule has 0 aromatic rings. The van der Waals surface area contributed by atoms with Gasteiger partial charge >= 0.3 is 12.1 Å². The van der Waals surface area contributed by atoms with Gasteiger partial charge in [0.1, 0.15) is 5.94 Å². The molecule has 0 heterocycles. The first kappa shape index (κ1) is 11.6. The van der Waals surface area contributed by atoms with Crippen molar-refractivity contribution >= 4 is 17.7 Å². The van der Waals surface area contributed by atoms with Crippen molar-refractivity contribution in [2.75, 3.05) is 11.7 Å². The first-order chi connectivity index (χ1) is 5.42. The van der Waals surface area contributed by atoms with Gasteiger partial charge in [-0.05, 0) is 0 Å². The Morgan fingerprint density at radius 1 is 1.50 bits per heavy atom. The average molecular weight is 202 g/mol. The third kappa shape index (κ3) is 9.61. The van der Waals surface area contributed by atoms with Crippen LogP contribution < -0.4 is 0 Å². The molecule has 2 nitrogen and oxygen atoms in total. The molecule has 0 saturated heterocycles. The predicted octanol–water partition coefficient (Wildman–Crippen LogP) is 2.19. The summed E-state index contributed by atoms with van der Waals surface area (Å²) in [4.78, 5) is 10.1. The van der Waals surface area contributed by atoms with Crippen LogP contribution in [0.2, 0.25) is 0 Å². The van der Waals surface area contributed by atoms with E-state index in [4.69, 9.17) is 0 Å². The Morgan fingerprint density at radius 2 is 2.08 bits per heavy atom. The van der Waals surface area contributed by atoms with Gasteiger partial charge < -0.3 is 4.74 Å². The van der Waals surface area contributed by atoms with Crippen molar-refractivity contribution in [3.05, 3.63) is 0 Å². The van der Waals surface area contributed by atoms with Crippen LogP contribution in [0, 0.1) is 0 Å². The second kappa shape index (κ2) is 5.29. The van der Waals surface area contributed by atoms with Crippen molar-refractivity contribution in [2.45, 2.75) is 19.5 Å². The lowest BCUT2D eigenvalue weighted by atomic mass is 10.5. The van der Waals surface area contributed by atoms with Crippen molar-refractivity contribution in [2.24, 2.45) is 0 Å². The third-order valence-corrected chi connectivity index (χ3v) is 1.65. The largest absolute Gasteiger partial charge is 0.455 e. The molecule has 0 N–H and O–H groups in total. The molecule has 0 aromatic heterocycles. The summed E-state index contributed by atoms with van der Waals surface area (Å²) in [6, 6.07) is 0. The van der Waals surface area contributed by atoms with E-state index in [9.17, 15) is 18.0 Å². The fourth-order valence-corrected chi connectivity index (χ4v) is 1.11. The third-order valence-electron chi connectivity index (χ3n) is 0.875. The maximum atomic E-state index is 11.5. The molecule has 0 rings (SSSR count). The van der Waals surface area contributed by atoms with Gasteiger partial charge in [0.25, 0.3) is 0 Å².